The number of ether oxygens (including phenoxy) is 1. The third-order valence-electron chi connectivity index (χ3n) is 2.80. The second kappa shape index (κ2) is 5.27. The highest BCUT2D eigenvalue weighted by Crippen LogP contribution is 2.17. The Bertz CT molecular complexity index is 351. The molecule has 0 saturated carbocycles. The van der Waals surface area contributed by atoms with Crippen LogP contribution in [0, 0.1) is 5.82 Å². The Morgan fingerprint density at radius 3 is 3.06 bits per heavy atom. The van der Waals surface area contributed by atoms with Gasteiger partial charge in [-0.15, -0.1) is 0 Å². The molecule has 0 aliphatic carbocycles. The van der Waals surface area contributed by atoms with E-state index >= 15 is 0 Å². The minimum atomic E-state index is -0.307. The number of rotatable bonds is 4. The first-order valence-electron chi connectivity index (χ1n) is 5.48. The number of nitrogens with one attached hydrogen (secondary N) is 1. The van der Waals surface area contributed by atoms with Gasteiger partial charge in [0.05, 0.1) is 7.11 Å². The second-order valence-electron chi connectivity index (χ2n) is 3.97. The summed E-state index contributed by atoms with van der Waals surface area (Å²) in [6.07, 6.45) is 1.08. The van der Waals surface area contributed by atoms with Gasteiger partial charge in [-0.05, 0) is 24.1 Å². The van der Waals surface area contributed by atoms with Gasteiger partial charge >= 0.3 is 0 Å². The number of hydrogen-bond donors (Lipinski definition) is 1. The SMILES string of the molecule is COc1ccc(CNC2CC[N]C2)cc1F. The van der Waals surface area contributed by atoms with Gasteiger partial charge in [0.1, 0.15) is 0 Å². The van der Waals surface area contributed by atoms with Crippen molar-refractivity contribution in [2.75, 3.05) is 20.2 Å². The zero-order valence-corrected chi connectivity index (χ0v) is 9.37. The van der Waals surface area contributed by atoms with E-state index in [0.29, 0.717) is 18.3 Å². The second-order valence-corrected chi connectivity index (χ2v) is 3.97. The van der Waals surface area contributed by atoms with Gasteiger partial charge in [-0.2, -0.15) is 0 Å². The molecule has 87 valence electrons. The van der Waals surface area contributed by atoms with Crippen molar-refractivity contribution < 1.29 is 9.13 Å². The highest BCUT2D eigenvalue weighted by atomic mass is 19.1. The highest BCUT2D eigenvalue weighted by Gasteiger charge is 2.14. The van der Waals surface area contributed by atoms with Crippen molar-refractivity contribution in [1.82, 2.24) is 10.6 Å². The molecule has 16 heavy (non-hydrogen) atoms. The smallest absolute Gasteiger partial charge is 0.165 e. The number of methoxy groups -OCH3 is 1. The first-order chi connectivity index (χ1) is 7.79. The average molecular weight is 223 g/mol. The summed E-state index contributed by atoms with van der Waals surface area (Å²) < 4.78 is 18.2. The molecule has 3 nitrogen and oxygen atoms in total. The fourth-order valence-corrected chi connectivity index (χ4v) is 1.83. The van der Waals surface area contributed by atoms with Crippen LogP contribution in [0.3, 0.4) is 0 Å². The van der Waals surface area contributed by atoms with E-state index in [-0.39, 0.29) is 5.82 Å². The predicted molar refractivity (Wildman–Crippen MR) is 60.1 cm³/mol. The summed E-state index contributed by atoms with van der Waals surface area (Å²) in [6, 6.07) is 5.50. The lowest BCUT2D eigenvalue weighted by atomic mass is 10.2. The van der Waals surface area contributed by atoms with E-state index in [2.05, 4.69) is 10.6 Å². The molecule has 1 saturated heterocycles. The summed E-state index contributed by atoms with van der Waals surface area (Å²) in [5, 5.41) is 7.63. The number of halogens is 1. The molecule has 2 rings (SSSR count). The predicted octanol–water partition coefficient (Wildman–Crippen LogP) is 1.30. The molecule has 0 amide bonds. The Hall–Kier alpha value is -1.13. The van der Waals surface area contributed by atoms with E-state index in [0.717, 1.165) is 25.1 Å². The maximum atomic E-state index is 13.4. The van der Waals surface area contributed by atoms with Crippen molar-refractivity contribution in [2.24, 2.45) is 0 Å². The van der Waals surface area contributed by atoms with E-state index in [1.54, 1.807) is 6.07 Å². The molecule has 1 unspecified atom stereocenters. The Labute approximate surface area is 95.0 Å². The molecule has 1 aromatic rings. The first kappa shape index (κ1) is 11.4. The van der Waals surface area contributed by atoms with Crippen molar-refractivity contribution >= 4 is 0 Å². The van der Waals surface area contributed by atoms with Crippen LogP contribution in [0.15, 0.2) is 18.2 Å². The molecule has 1 heterocycles. The van der Waals surface area contributed by atoms with Crippen LogP contribution in [0.2, 0.25) is 0 Å². The number of hydrogen-bond acceptors (Lipinski definition) is 2. The van der Waals surface area contributed by atoms with Gasteiger partial charge in [-0.25, -0.2) is 9.71 Å². The van der Waals surface area contributed by atoms with Crippen LogP contribution in [-0.4, -0.2) is 26.2 Å². The fourth-order valence-electron chi connectivity index (χ4n) is 1.83. The monoisotopic (exact) mass is 223 g/mol. The van der Waals surface area contributed by atoms with Gasteiger partial charge in [0.2, 0.25) is 0 Å². The zero-order valence-electron chi connectivity index (χ0n) is 9.37. The maximum absolute atomic E-state index is 13.4. The van der Waals surface area contributed by atoms with Crippen molar-refractivity contribution in [3.63, 3.8) is 0 Å². The van der Waals surface area contributed by atoms with Crippen LogP contribution >= 0.6 is 0 Å². The summed E-state index contributed by atoms with van der Waals surface area (Å²) >= 11 is 0. The van der Waals surface area contributed by atoms with Crippen LogP contribution < -0.4 is 15.4 Å². The minimum absolute atomic E-state index is 0.291. The van der Waals surface area contributed by atoms with Crippen LogP contribution in [0.1, 0.15) is 12.0 Å². The molecule has 1 radical (unpaired) electrons. The van der Waals surface area contributed by atoms with Crippen molar-refractivity contribution in [3.05, 3.63) is 29.6 Å². The molecule has 1 aliphatic heterocycles. The summed E-state index contributed by atoms with van der Waals surface area (Å²) in [4.78, 5) is 0. The molecular weight excluding hydrogens is 207 g/mol. The lowest BCUT2D eigenvalue weighted by molar-refractivity contribution is 0.386. The molecule has 1 aliphatic rings. The molecule has 0 aromatic heterocycles. The van der Waals surface area contributed by atoms with Gasteiger partial charge < -0.3 is 10.1 Å². The third kappa shape index (κ3) is 2.71. The Morgan fingerprint density at radius 2 is 2.44 bits per heavy atom. The Balaban J connectivity index is 1.91. The summed E-state index contributed by atoms with van der Waals surface area (Å²) in [5.41, 5.74) is 0.935. The highest BCUT2D eigenvalue weighted by molar-refractivity contribution is 5.29. The number of benzene rings is 1. The van der Waals surface area contributed by atoms with Gasteiger partial charge in [0.15, 0.2) is 11.6 Å². The average Bonchev–Trinajstić information content (AvgIpc) is 2.79. The third-order valence-corrected chi connectivity index (χ3v) is 2.80. The lowest BCUT2D eigenvalue weighted by Crippen LogP contribution is -2.29. The standard InChI is InChI=1S/C12H16FN2O/c1-16-12-3-2-9(6-11(12)13)7-15-10-4-5-14-8-10/h2-3,6,10,15H,4-5,7-8H2,1H3. The van der Waals surface area contributed by atoms with Crippen LogP contribution in [-0.2, 0) is 6.54 Å². The topological polar surface area (TPSA) is 35.4 Å². The first-order valence-corrected chi connectivity index (χ1v) is 5.48. The molecular formula is C12H16FN2O. The summed E-state index contributed by atoms with van der Waals surface area (Å²) in [6.45, 7) is 2.49. The lowest BCUT2D eigenvalue weighted by Gasteiger charge is -2.11. The quantitative estimate of drug-likeness (QED) is 0.835. The van der Waals surface area contributed by atoms with Gasteiger partial charge in [0, 0.05) is 25.7 Å². The molecule has 4 heteroatoms. The minimum Gasteiger partial charge on any atom is -0.494 e. The van der Waals surface area contributed by atoms with Crippen LogP contribution in [0.4, 0.5) is 4.39 Å². The number of nitrogens with zero attached hydrogens (tertiary/aromatic N) is 1. The van der Waals surface area contributed by atoms with Crippen molar-refractivity contribution in [3.8, 4) is 5.75 Å². The summed E-state index contributed by atoms with van der Waals surface area (Å²) in [7, 11) is 1.47. The molecule has 0 spiro atoms. The normalized spacial score (nSPS) is 20.0. The zero-order chi connectivity index (χ0) is 11.4. The van der Waals surface area contributed by atoms with Crippen LogP contribution in [0.5, 0.6) is 5.75 Å². The molecule has 0 bridgehead atoms. The molecule has 1 N–H and O–H groups in total. The van der Waals surface area contributed by atoms with Gasteiger partial charge in [-0.3, -0.25) is 0 Å². The van der Waals surface area contributed by atoms with E-state index in [1.807, 2.05) is 6.07 Å². The largest absolute Gasteiger partial charge is 0.494 e. The fraction of sp³-hybridized carbons (Fsp3) is 0.500. The van der Waals surface area contributed by atoms with E-state index in [1.165, 1.54) is 13.2 Å². The van der Waals surface area contributed by atoms with Crippen molar-refractivity contribution in [2.45, 2.75) is 19.0 Å². The van der Waals surface area contributed by atoms with Crippen LogP contribution in [0.25, 0.3) is 0 Å². The molecule has 1 aromatic carbocycles. The van der Waals surface area contributed by atoms with Gasteiger partial charge in [0.25, 0.3) is 0 Å². The maximum Gasteiger partial charge on any atom is 0.165 e. The Kier molecular flexibility index (Phi) is 3.74. The molecule has 1 atom stereocenters. The van der Waals surface area contributed by atoms with E-state index in [4.69, 9.17) is 4.74 Å². The van der Waals surface area contributed by atoms with E-state index in [9.17, 15) is 4.39 Å². The van der Waals surface area contributed by atoms with Gasteiger partial charge in [-0.1, -0.05) is 6.07 Å². The Morgan fingerprint density at radius 1 is 1.56 bits per heavy atom. The molecule has 1 fully saturated rings. The summed E-state index contributed by atoms with van der Waals surface area (Å²) in [5.74, 6) is -0.0162. The van der Waals surface area contributed by atoms with Crippen molar-refractivity contribution in [1.29, 1.82) is 0 Å². The van der Waals surface area contributed by atoms with E-state index < -0.39 is 0 Å².